The fourth-order valence-corrected chi connectivity index (χ4v) is 4.04. The van der Waals surface area contributed by atoms with Gasteiger partial charge in [0.25, 0.3) is 11.4 Å². The molecule has 1 aromatic heterocycles. The van der Waals surface area contributed by atoms with Crippen LogP contribution < -0.4 is 10.6 Å². The van der Waals surface area contributed by atoms with E-state index >= 15 is 0 Å². The van der Waals surface area contributed by atoms with Crippen molar-refractivity contribution in [2.45, 2.75) is 0 Å². The minimum absolute atomic E-state index is 0.0445. The summed E-state index contributed by atoms with van der Waals surface area (Å²) in [5.74, 6) is 0. The molecule has 34 heavy (non-hydrogen) atoms. The van der Waals surface area contributed by atoms with Gasteiger partial charge in [-0.2, -0.15) is 0 Å². The van der Waals surface area contributed by atoms with Crippen LogP contribution in [0.4, 0.5) is 34.1 Å². The van der Waals surface area contributed by atoms with E-state index in [9.17, 15) is 20.2 Å². The molecule has 0 saturated heterocycles. The lowest BCUT2D eigenvalue weighted by Gasteiger charge is -2.07. The van der Waals surface area contributed by atoms with Crippen LogP contribution in [0, 0.1) is 20.2 Å². The van der Waals surface area contributed by atoms with Crippen molar-refractivity contribution in [2.24, 2.45) is 7.05 Å². The lowest BCUT2D eigenvalue weighted by Crippen LogP contribution is -1.92. The maximum absolute atomic E-state index is 10.9. The molecule has 0 aliphatic carbocycles. The van der Waals surface area contributed by atoms with Crippen LogP contribution in [0.1, 0.15) is 0 Å². The van der Waals surface area contributed by atoms with E-state index in [1.807, 2.05) is 31.3 Å². The molecule has 0 aliphatic rings. The number of rotatable bonds is 6. The summed E-state index contributed by atoms with van der Waals surface area (Å²) in [6.07, 6.45) is 0. The first-order chi connectivity index (χ1) is 16.4. The van der Waals surface area contributed by atoms with Crippen LogP contribution >= 0.6 is 0 Å². The van der Waals surface area contributed by atoms with E-state index in [-0.39, 0.29) is 11.4 Å². The molecule has 9 nitrogen and oxygen atoms in total. The van der Waals surface area contributed by atoms with Crippen LogP contribution in [0.2, 0.25) is 0 Å². The number of nitrogens with one attached hydrogen (secondary N) is 2. The highest BCUT2D eigenvalue weighted by Crippen LogP contribution is 2.34. The molecule has 0 aliphatic heterocycles. The molecule has 0 atom stereocenters. The number of hydrogen-bond acceptors (Lipinski definition) is 6. The summed E-state index contributed by atoms with van der Waals surface area (Å²) < 4.78 is 2.12. The summed E-state index contributed by atoms with van der Waals surface area (Å²) in [6.45, 7) is 0. The molecule has 4 aromatic carbocycles. The molecule has 0 saturated carbocycles. The monoisotopic (exact) mass is 453 g/mol. The van der Waals surface area contributed by atoms with E-state index < -0.39 is 9.85 Å². The van der Waals surface area contributed by atoms with Crippen molar-refractivity contribution in [3.8, 4) is 0 Å². The van der Waals surface area contributed by atoms with Crippen molar-refractivity contribution in [3.63, 3.8) is 0 Å². The summed E-state index contributed by atoms with van der Waals surface area (Å²) in [5, 5.41) is 30.5. The van der Waals surface area contributed by atoms with E-state index in [4.69, 9.17) is 0 Å². The Bertz CT molecular complexity index is 1440. The van der Waals surface area contributed by atoms with E-state index in [1.54, 1.807) is 24.3 Å². The second kappa shape index (κ2) is 8.21. The predicted molar refractivity (Wildman–Crippen MR) is 133 cm³/mol. The fraction of sp³-hybridized carbons (Fsp3) is 0.0400. The Morgan fingerprint density at radius 3 is 1.29 bits per heavy atom. The maximum Gasteiger partial charge on any atom is 0.269 e. The summed E-state index contributed by atoms with van der Waals surface area (Å²) >= 11 is 0. The van der Waals surface area contributed by atoms with E-state index in [0.717, 1.165) is 44.6 Å². The van der Waals surface area contributed by atoms with Gasteiger partial charge in [-0.05, 0) is 60.7 Å². The Morgan fingerprint density at radius 1 is 0.588 bits per heavy atom. The number of nitro groups is 2. The minimum Gasteiger partial charge on any atom is -0.356 e. The molecule has 0 spiro atoms. The van der Waals surface area contributed by atoms with Gasteiger partial charge in [0.15, 0.2) is 0 Å². The van der Waals surface area contributed by atoms with Gasteiger partial charge in [-0.1, -0.05) is 0 Å². The molecule has 168 valence electrons. The van der Waals surface area contributed by atoms with E-state index in [1.165, 1.54) is 24.3 Å². The van der Waals surface area contributed by atoms with Gasteiger partial charge in [0.2, 0.25) is 0 Å². The average molecular weight is 453 g/mol. The van der Waals surface area contributed by atoms with Crippen LogP contribution in [0.25, 0.3) is 21.8 Å². The Morgan fingerprint density at radius 2 is 0.941 bits per heavy atom. The number of anilines is 4. The summed E-state index contributed by atoms with van der Waals surface area (Å²) in [5.41, 5.74) is 5.46. The van der Waals surface area contributed by atoms with Gasteiger partial charge >= 0.3 is 0 Å². The first-order valence-corrected chi connectivity index (χ1v) is 10.4. The zero-order chi connectivity index (χ0) is 23.8. The lowest BCUT2D eigenvalue weighted by atomic mass is 10.1. The highest BCUT2D eigenvalue weighted by Gasteiger charge is 2.11. The smallest absolute Gasteiger partial charge is 0.269 e. The third-order valence-electron chi connectivity index (χ3n) is 5.74. The highest BCUT2D eigenvalue weighted by molar-refractivity contribution is 6.10. The fourth-order valence-electron chi connectivity index (χ4n) is 4.04. The first-order valence-electron chi connectivity index (χ1n) is 10.4. The topological polar surface area (TPSA) is 115 Å². The van der Waals surface area contributed by atoms with Crippen LogP contribution in [-0.2, 0) is 7.05 Å². The quantitative estimate of drug-likeness (QED) is 0.220. The van der Waals surface area contributed by atoms with Crippen molar-refractivity contribution < 1.29 is 9.85 Å². The molecule has 0 amide bonds. The largest absolute Gasteiger partial charge is 0.356 e. The third kappa shape index (κ3) is 3.86. The van der Waals surface area contributed by atoms with E-state index in [0.29, 0.717) is 0 Å². The Kier molecular flexibility index (Phi) is 5.06. The number of benzene rings is 4. The normalized spacial score (nSPS) is 11.0. The number of aromatic nitrogens is 1. The molecule has 0 fully saturated rings. The summed E-state index contributed by atoms with van der Waals surface area (Å²) in [7, 11) is 2.01. The molecule has 0 bridgehead atoms. The van der Waals surface area contributed by atoms with E-state index in [2.05, 4.69) is 27.3 Å². The van der Waals surface area contributed by atoms with Crippen LogP contribution in [0.3, 0.4) is 0 Å². The van der Waals surface area contributed by atoms with Crippen molar-refractivity contribution in [1.29, 1.82) is 0 Å². The molecular weight excluding hydrogens is 434 g/mol. The number of nitrogens with zero attached hydrogens (tertiary/aromatic N) is 3. The minimum atomic E-state index is -0.422. The van der Waals surface area contributed by atoms with Crippen LogP contribution in [0.5, 0.6) is 0 Å². The van der Waals surface area contributed by atoms with Crippen molar-refractivity contribution >= 4 is 55.9 Å². The van der Waals surface area contributed by atoms with Gasteiger partial charge in [0.1, 0.15) is 0 Å². The maximum atomic E-state index is 10.9. The number of fused-ring (bicyclic) bond motifs is 3. The van der Waals surface area contributed by atoms with Crippen molar-refractivity contribution in [3.05, 3.63) is 105 Å². The lowest BCUT2D eigenvalue weighted by molar-refractivity contribution is -0.385. The SMILES string of the molecule is Cn1c2ccc(Nc3ccc([N+](=O)[O-])cc3)cc2c2cc(Nc3ccc([N+](=O)[O-])cc3)ccc21. The molecule has 0 unspecified atom stereocenters. The predicted octanol–water partition coefficient (Wildman–Crippen LogP) is 6.64. The van der Waals surface area contributed by atoms with Crippen LogP contribution in [-0.4, -0.2) is 14.4 Å². The average Bonchev–Trinajstić information content (AvgIpc) is 3.11. The summed E-state index contributed by atoms with van der Waals surface area (Å²) in [4.78, 5) is 20.9. The molecule has 0 radical (unpaired) electrons. The zero-order valence-electron chi connectivity index (χ0n) is 18.1. The molecule has 2 N–H and O–H groups in total. The summed E-state index contributed by atoms with van der Waals surface area (Å²) in [6, 6.07) is 24.7. The number of non-ortho nitro benzene ring substituents is 2. The molecule has 1 heterocycles. The standard InChI is InChI=1S/C25H19N5O4/c1-28-24-12-6-18(26-16-2-8-20(9-3-16)29(31)32)14-22(24)23-15-19(7-13-25(23)28)27-17-4-10-21(11-5-17)30(33)34/h2-15,26-27H,1H3. The van der Waals surface area contributed by atoms with Gasteiger partial charge in [-0.3, -0.25) is 20.2 Å². The highest BCUT2D eigenvalue weighted by atomic mass is 16.6. The zero-order valence-corrected chi connectivity index (χ0v) is 18.1. The van der Waals surface area contributed by atoms with Gasteiger partial charge in [0.05, 0.1) is 9.85 Å². The molecule has 9 heteroatoms. The molecule has 5 aromatic rings. The Balaban J connectivity index is 1.48. The molecular formula is C25H19N5O4. The second-order valence-electron chi connectivity index (χ2n) is 7.88. The Hall–Kier alpha value is -4.92. The second-order valence-corrected chi connectivity index (χ2v) is 7.88. The van der Waals surface area contributed by atoms with Crippen LogP contribution in [0.15, 0.2) is 84.9 Å². The third-order valence-corrected chi connectivity index (χ3v) is 5.74. The number of aryl methyl sites for hydroxylation is 1. The number of nitro benzene ring substituents is 2. The first kappa shape index (κ1) is 21.0. The number of hydrogen-bond donors (Lipinski definition) is 2. The van der Waals surface area contributed by atoms with Crippen molar-refractivity contribution in [2.75, 3.05) is 10.6 Å². The van der Waals surface area contributed by atoms with Gasteiger partial charge in [-0.25, -0.2) is 0 Å². The van der Waals surface area contributed by atoms with Gasteiger partial charge in [0, 0.05) is 75.9 Å². The van der Waals surface area contributed by atoms with Crippen molar-refractivity contribution in [1.82, 2.24) is 4.57 Å². The molecule has 5 rings (SSSR count). The Labute approximate surface area is 193 Å². The van der Waals surface area contributed by atoms with Gasteiger partial charge < -0.3 is 15.2 Å². The van der Waals surface area contributed by atoms with Gasteiger partial charge in [-0.15, -0.1) is 0 Å².